The van der Waals surface area contributed by atoms with E-state index in [1.807, 2.05) is 0 Å². The Morgan fingerprint density at radius 3 is 2.36 bits per heavy atom. The number of carbonyl (C=O) groups is 1. The zero-order chi connectivity index (χ0) is 18.0. The Morgan fingerprint density at radius 1 is 1.12 bits per heavy atom. The first-order valence-corrected chi connectivity index (χ1v) is 8.69. The van der Waals surface area contributed by atoms with Gasteiger partial charge in [-0.05, 0) is 36.5 Å². The number of nitrogens with zero attached hydrogens (tertiary/aromatic N) is 2. The Morgan fingerprint density at radius 2 is 1.76 bits per heavy atom. The molecule has 0 spiro atoms. The largest absolute Gasteiger partial charge is 0.309 e. The van der Waals surface area contributed by atoms with Gasteiger partial charge < -0.3 is 4.90 Å². The number of para-hydroxylation sites is 1. The average Bonchev–Trinajstić information content (AvgIpc) is 2.58. The van der Waals surface area contributed by atoms with Gasteiger partial charge in [0, 0.05) is 25.1 Å². The molecule has 0 bridgehead atoms. The van der Waals surface area contributed by atoms with Gasteiger partial charge in [-0.2, -0.15) is 0 Å². The van der Waals surface area contributed by atoms with Crippen molar-refractivity contribution < 1.29 is 9.72 Å². The predicted octanol–water partition coefficient (Wildman–Crippen LogP) is 4.89. The molecule has 130 valence electrons. The molecular formula is C18H16Cl2N2O3. The van der Waals surface area contributed by atoms with Crippen LogP contribution in [0.4, 0.5) is 11.4 Å². The van der Waals surface area contributed by atoms with E-state index < -0.39 is 4.92 Å². The van der Waals surface area contributed by atoms with Crippen LogP contribution in [0.1, 0.15) is 18.4 Å². The first kappa shape index (κ1) is 17.7. The summed E-state index contributed by atoms with van der Waals surface area (Å²) in [7, 11) is 0. The fraction of sp³-hybridized carbons (Fsp3) is 0.278. The van der Waals surface area contributed by atoms with Crippen molar-refractivity contribution in [1.82, 2.24) is 0 Å². The van der Waals surface area contributed by atoms with E-state index in [-0.39, 0.29) is 17.5 Å². The maximum Gasteiger partial charge on any atom is 0.269 e. The van der Waals surface area contributed by atoms with Crippen molar-refractivity contribution in [2.75, 3.05) is 11.4 Å². The van der Waals surface area contributed by atoms with Crippen LogP contribution >= 0.6 is 23.2 Å². The lowest BCUT2D eigenvalue weighted by atomic mass is 9.90. The van der Waals surface area contributed by atoms with Crippen molar-refractivity contribution >= 4 is 40.5 Å². The van der Waals surface area contributed by atoms with Crippen LogP contribution < -0.4 is 4.90 Å². The zero-order valence-corrected chi connectivity index (χ0v) is 14.8. The number of hydrogen-bond donors (Lipinski definition) is 0. The van der Waals surface area contributed by atoms with Crippen LogP contribution in [-0.2, 0) is 11.2 Å². The van der Waals surface area contributed by atoms with Gasteiger partial charge in [0.1, 0.15) is 0 Å². The summed E-state index contributed by atoms with van der Waals surface area (Å²) in [4.78, 5) is 24.3. The second kappa shape index (κ2) is 7.42. The van der Waals surface area contributed by atoms with E-state index in [0.29, 0.717) is 28.7 Å². The molecule has 1 fully saturated rings. The Labute approximate surface area is 155 Å². The van der Waals surface area contributed by atoms with Crippen LogP contribution in [0.5, 0.6) is 0 Å². The molecule has 2 aromatic rings. The maximum atomic E-state index is 12.4. The Kier molecular flexibility index (Phi) is 5.25. The number of benzene rings is 2. The van der Waals surface area contributed by atoms with Crippen LogP contribution in [0.15, 0.2) is 42.5 Å². The quantitative estimate of drug-likeness (QED) is 0.561. The summed E-state index contributed by atoms with van der Waals surface area (Å²) in [6.45, 7) is 0.527. The molecule has 0 radical (unpaired) electrons. The fourth-order valence-corrected chi connectivity index (χ4v) is 3.73. The van der Waals surface area contributed by atoms with Gasteiger partial charge in [0.25, 0.3) is 5.69 Å². The standard InChI is InChI=1S/C18H16Cl2N2O3/c19-15-2-1-3-16(20)18(15)21-11-13(6-9-17(21)23)10-12-4-7-14(8-5-12)22(24)25/h1-5,7-8,13H,6,9-11H2. The number of amides is 1. The highest BCUT2D eigenvalue weighted by Gasteiger charge is 2.29. The summed E-state index contributed by atoms with van der Waals surface area (Å²) >= 11 is 12.5. The highest BCUT2D eigenvalue weighted by molar-refractivity contribution is 6.39. The number of carbonyl (C=O) groups excluding carboxylic acids is 1. The number of piperidine rings is 1. The molecule has 7 heteroatoms. The monoisotopic (exact) mass is 378 g/mol. The molecule has 1 saturated heterocycles. The number of hydrogen-bond acceptors (Lipinski definition) is 3. The van der Waals surface area contributed by atoms with Crippen molar-refractivity contribution in [1.29, 1.82) is 0 Å². The van der Waals surface area contributed by atoms with E-state index in [9.17, 15) is 14.9 Å². The van der Waals surface area contributed by atoms with Gasteiger partial charge in [-0.3, -0.25) is 14.9 Å². The SMILES string of the molecule is O=C1CCC(Cc2ccc([N+](=O)[O-])cc2)CN1c1c(Cl)cccc1Cl. The van der Waals surface area contributed by atoms with Crippen LogP contribution in [-0.4, -0.2) is 17.4 Å². The van der Waals surface area contributed by atoms with Gasteiger partial charge in [0.05, 0.1) is 20.7 Å². The third-order valence-electron chi connectivity index (χ3n) is 4.39. The van der Waals surface area contributed by atoms with Crippen molar-refractivity contribution in [3.8, 4) is 0 Å². The van der Waals surface area contributed by atoms with Crippen LogP contribution in [0.25, 0.3) is 0 Å². The molecule has 1 aliphatic heterocycles. The van der Waals surface area contributed by atoms with Crippen molar-refractivity contribution in [2.45, 2.75) is 19.3 Å². The van der Waals surface area contributed by atoms with Crippen LogP contribution in [0.3, 0.4) is 0 Å². The molecule has 0 aromatic heterocycles. The molecule has 5 nitrogen and oxygen atoms in total. The van der Waals surface area contributed by atoms with Gasteiger partial charge in [-0.15, -0.1) is 0 Å². The highest BCUT2D eigenvalue weighted by Crippen LogP contribution is 2.37. The summed E-state index contributed by atoms with van der Waals surface area (Å²) < 4.78 is 0. The molecule has 0 N–H and O–H groups in total. The van der Waals surface area contributed by atoms with Crippen LogP contribution in [0.2, 0.25) is 10.0 Å². The van der Waals surface area contributed by atoms with E-state index in [4.69, 9.17) is 23.2 Å². The Hall–Kier alpha value is -2.11. The molecule has 1 heterocycles. The normalized spacial score (nSPS) is 17.6. The molecule has 2 aromatic carbocycles. The van der Waals surface area contributed by atoms with Gasteiger partial charge in [-0.1, -0.05) is 41.4 Å². The molecule has 3 rings (SSSR count). The number of anilines is 1. The summed E-state index contributed by atoms with van der Waals surface area (Å²) in [6.07, 6.45) is 1.94. The minimum absolute atomic E-state index is 0.00921. The van der Waals surface area contributed by atoms with Crippen LogP contribution in [0, 0.1) is 16.0 Å². The van der Waals surface area contributed by atoms with Crippen molar-refractivity contribution in [2.24, 2.45) is 5.92 Å². The lowest BCUT2D eigenvalue weighted by molar-refractivity contribution is -0.384. The number of non-ortho nitro benzene ring substituents is 1. The lowest BCUT2D eigenvalue weighted by Gasteiger charge is -2.33. The summed E-state index contributed by atoms with van der Waals surface area (Å²) in [5.41, 5.74) is 1.64. The molecule has 1 atom stereocenters. The molecule has 25 heavy (non-hydrogen) atoms. The first-order valence-electron chi connectivity index (χ1n) is 7.93. The molecule has 1 unspecified atom stereocenters. The molecular weight excluding hydrogens is 363 g/mol. The second-order valence-electron chi connectivity index (χ2n) is 6.11. The van der Waals surface area contributed by atoms with E-state index >= 15 is 0 Å². The molecule has 1 amide bonds. The van der Waals surface area contributed by atoms with Gasteiger partial charge in [0.15, 0.2) is 0 Å². The van der Waals surface area contributed by atoms with Gasteiger partial charge in [0.2, 0.25) is 5.91 Å². The Balaban J connectivity index is 1.76. The van der Waals surface area contributed by atoms with E-state index in [2.05, 4.69) is 0 Å². The second-order valence-corrected chi connectivity index (χ2v) is 6.92. The summed E-state index contributed by atoms with van der Waals surface area (Å²) in [5, 5.41) is 11.6. The van der Waals surface area contributed by atoms with E-state index in [0.717, 1.165) is 18.4 Å². The highest BCUT2D eigenvalue weighted by atomic mass is 35.5. The van der Waals surface area contributed by atoms with E-state index in [1.165, 1.54) is 12.1 Å². The van der Waals surface area contributed by atoms with Crippen molar-refractivity contribution in [3.63, 3.8) is 0 Å². The molecule has 1 aliphatic rings. The van der Waals surface area contributed by atoms with E-state index in [1.54, 1.807) is 35.2 Å². The number of halogens is 2. The summed E-state index contributed by atoms with van der Waals surface area (Å²) in [5.74, 6) is 0.251. The number of nitro benzene ring substituents is 1. The van der Waals surface area contributed by atoms with Gasteiger partial charge in [-0.25, -0.2) is 0 Å². The fourth-order valence-electron chi connectivity index (χ4n) is 3.13. The third kappa shape index (κ3) is 3.94. The number of rotatable bonds is 4. The average molecular weight is 379 g/mol. The van der Waals surface area contributed by atoms with Crippen molar-refractivity contribution in [3.05, 3.63) is 68.2 Å². The molecule has 0 saturated carbocycles. The third-order valence-corrected chi connectivity index (χ3v) is 5.00. The zero-order valence-electron chi connectivity index (χ0n) is 13.3. The predicted molar refractivity (Wildman–Crippen MR) is 98.3 cm³/mol. The maximum absolute atomic E-state index is 12.4. The first-order chi connectivity index (χ1) is 12.0. The summed E-state index contributed by atoms with van der Waals surface area (Å²) in [6, 6.07) is 11.7. The minimum atomic E-state index is -0.413. The smallest absolute Gasteiger partial charge is 0.269 e. The van der Waals surface area contributed by atoms with Gasteiger partial charge >= 0.3 is 0 Å². The topological polar surface area (TPSA) is 63.4 Å². The molecule has 0 aliphatic carbocycles. The number of nitro groups is 1. The Bertz CT molecular complexity index is 788. The lowest BCUT2D eigenvalue weighted by Crippen LogP contribution is -2.41. The minimum Gasteiger partial charge on any atom is -0.309 e.